The van der Waals surface area contributed by atoms with Crippen LogP contribution in [0.5, 0.6) is 0 Å². The third kappa shape index (κ3) is 12.2. The monoisotopic (exact) mass is 495 g/mol. The van der Waals surface area contributed by atoms with Gasteiger partial charge in [0.2, 0.25) is 0 Å². The predicted octanol–water partition coefficient (Wildman–Crippen LogP) is 9.46. The molecule has 0 radical (unpaired) electrons. The fraction of sp³-hybridized carbons (Fsp3) is 1.00. The Labute approximate surface area is 207 Å². The predicted molar refractivity (Wildman–Crippen MR) is 144 cm³/mol. The van der Waals surface area contributed by atoms with Gasteiger partial charge in [-0.3, -0.25) is 0 Å². The van der Waals surface area contributed by atoms with Gasteiger partial charge in [-0.05, 0) is 13.3 Å². The molecule has 0 saturated carbocycles. The van der Waals surface area contributed by atoms with Gasteiger partial charge in [0.25, 0.3) is 0 Å². The smallest absolute Gasteiger partial charge is 0.376 e. The molecule has 0 amide bonds. The van der Waals surface area contributed by atoms with E-state index in [9.17, 15) is 0 Å². The Kier molecular flexibility index (Phi) is 21.2. The van der Waals surface area contributed by atoms with Crippen LogP contribution >= 0.6 is 11.6 Å². The summed E-state index contributed by atoms with van der Waals surface area (Å²) in [5, 5.41) is -0.366. The molecule has 32 heavy (non-hydrogen) atoms. The third-order valence-electron chi connectivity index (χ3n) is 7.37. The molecule has 1 atom stereocenters. The zero-order valence-corrected chi connectivity index (χ0v) is 24.6. The third-order valence-corrected chi connectivity index (χ3v) is 11.9. The maximum Gasteiger partial charge on any atom is 0.507 e. The van der Waals surface area contributed by atoms with E-state index in [0.717, 1.165) is 12.8 Å². The fourth-order valence-electron chi connectivity index (χ4n) is 4.65. The first kappa shape index (κ1) is 34.5. The molecule has 4 nitrogen and oxygen atoms in total. The van der Waals surface area contributed by atoms with Crippen molar-refractivity contribution in [3.8, 4) is 0 Å². The summed E-state index contributed by atoms with van der Waals surface area (Å²) >= 11 is 7.01. The zero-order valence-electron chi connectivity index (χ0n) is 22.8. The molecule has 0 aromatic heterocycles. The van der Waals surface area contributed by atoms with Gasteiger partial charge in [0.15, 0.2) is 0 Å². The zero-order chi connectivity index (χ0) is 23.6. The molecular formula is C26H58ClNO3Si. The molecule has 0 aliphatic carbocycles. The summed E-state index contributed by atoms with van der Waals surface area (Å²) in [7, 11) is 2.18. The van der Waals surface area contributed by atoms with E-state index < -0.39 is 13.7 Å². The number of unbranched alkanes of at least 4 members (excludes halogenated alkanes) is 15. The van der Waals surface area contributed by atoms with Crippen LogP contribution in [0, 0.1) is 0 Å². The Morgan fingerprint density at radius 2 is 0.844 bits per heavy atom. The molecule has 0 spiro atoms. The summed E-state index contributed by atoms with van der Waals surface area (Å²) in [5.74, 6) is 0. The summed E-state index contributed by atoms with van der Waals surface area (Å²) in [4.78, 5) is -0.419. The topological polar surface area (TPSA) is 62.7 Å². The van der Waals surface area contributed by atoms with Crippen LogP contribution in [0.3, 0.4) is 0 Å². The van der Waals surface area contributed by atoms with Crippen LogP contribution in [0.25, 0.3) is 0 Å². The van der Waals surface area contributed by atoms with Crippen molar-refractivity contribution in [1.82, 2.24) is 6.15 Å². The average molecular weight is 496 g/mol. The first-order valence-corrected chi connectivity index (χ1v) is 15.2. The fourth-order valence-corrected chi connectivity index (χ4v) is 7.93. The largest absolute Gasteiger partial charge is 0.507 e. The van der Waals surface area contributed by atoms with Gasteiger partial charge in [0, 0.05) is 21.3 Å². The van der Waals surface area contributed by atoms with Crippen molar-refractivity contribution in [1.29, 1.82) is 0 Å². The highest BCUT2D eigenvalue weighted by Crippen LogP contribution is 2.53. The van der Waals surface area contributed by atoms with E-state index in [4.69, 9.17) is 24.9 Å². The van der Waals surface area contributed by atoms with Crippen LogP contribution in [-0.2, 0) is 13.3 Å². The highest BCUT2D eigenvalue weighted by molar-refractivity contribution is 6.65. The number of halogens is 1. The van der Waals surface area contributed by atoms with E-state index >= 15 is 0 Å². The minimum absolute atomic E-state index is 0. The first-order chi connectivity index (χ1) is 14.7. The van der Waals surface area contributed by atoms with Crippen molar-refractivity contribution in [2.75, 3.05) is 21.3 Å². The molecule has 0 bridgehead atoms. The quantitative estimate of drug-likeness (QED) is 0.0921. The summed E-state index contributed by atoms with van der Waals surface area (Å²) in [6.07, 6.45) is 23.1. The van der Waals surface area contributed by atoms with Crippen LogP contribution in [0.1, 0.15) is 137 Å². The molecule has 196 valence electrons. The van der Waals surface area contributed by atoms with Crippen molar-refractivity contribution in [3.05, 3.63) is 0 Å². The molecule has 1 unspecified atom stereocenters. The van der Waals surface area contributed by atoms with Crippen LogP contribution in [0.2, 0.25) is 5.04 Å². The van der Waals surface area contributed by atoms with Crippen LogP contribution in [0.15, 0.2) is 0 Å². The minimum atomic E-state index is -2.82. The Morgan fingerprint density at radius 1 is 0.562 bits per heavy atom. The van der Waals surface area contributed by atoms with Gasteiger partial charge in [-0.2, -0.15) is 0 Å². The Balaban J connectivity index is 0. The second-order valence-corrected chi connectivity index (χ2v) is 14.5. The maximum atomic E-state index is 7.01. The van der Waals surface area contributed by atoms with Gasteiger partial charge >= 0.3 is 8.80 Å². The van der Waals surface area contributed by atoms with E-state index in [1.807, 2.05) is 0 Å². The highest BCUT2D eigenvalue weighted by Gasteiger charge is 2.61. The van der Waals surface area contributed by atoms with E-state index in [1.165, 1.54) is 96.3 Å². The maximum absolute atomic E-state index is 7.01. The van der Waals surface area contributed by atoms with Gasteiger partial charge < -0.3 is 19.4 Å². The average Bonchev–Trinajstić information content (AvgIpc) is 2.74. The van der Waals surface area contributed by atoms with Gasteiger partial charge in [0.05, 0.1) is 9.91 Å². The lowest BCUT2D eigenvalue weighted by molar-refractivity contribution is 0.0847. The minimum Gasteiger partial charge on any atom is -0.376 e. The lowest BCUT2D eigenvalue weighted by Gasteiger charge is -2.47. The van der Waals surface area contributed by atoms with Crippen molar-refractivity contribution in [2.24, 2.45) is 0 Å². The lowest BCUT2D eigenvalue weighted by atomic mass is 9.89. The van der Waals surface area contributed by atoms with Crippen molar-refractivity contribution in [3.63, 3.8) is 0 Å². The Morgan fingerprint density at radius 3 is 1.12 bits per heavy atom. The summed E-state index contributed by atoms with van der Waals surface area (Å²) < 4.78 is 17.2. The molecule has 0 aliphatic rings. The van der Waals surface area contributed by atoms with E-state index in [2.05, 4.69) is 27.7 Å². The van der Waals surface area contributed by atoms with Gasteiger partial charge in [0.1, 0.15) is 0 Å². The van der Waals surface area contributed by atoms with Crippen molar-refractivity contribution < 1.29 is 13.3 Å². The van der Waals surface area contributed by atoms with E-state index in [0.29, 0.717) is 0 Å². The van der Waals surface area contributed by atoms with Gasteiger partial charge in [-0.1, -0.05) is 124 Å². The number of rotatable bonds is 22. The Hall–Kier alpha value is 0.347. The second kappa shape index (κ2) is 19.6. The molecule has 6 heteroatoms. The molecular weight excluding hydrogens is 438 g/mol. The van der Waals surface area contributed by atoms with Gasteiger partial charge in [-0.25, -0.2) is 0 Å². The molecule has 0 fully saturated rings. The number of alkyl halides is 1. The summed E-state index contributed by atoms with van der Waals surface area (Å²) in [6.45, 7) is 8.64. The SMILES string of the molecule is CCCCCCCCCCCCCCCCCCC(C)(Cl)C(C)(C)[Si](OC)(OC)OC.N. The van der Waals surface area contributed by atoms with Crippen LogP contribution < -0.4 is 6.15 Å². The van der Waals surface area contributed by atoms with Gasteiger partial charge in [-0.15, -0.1) is 11.6 Å². The molecule has 0 saturated heterocycles. The standard InChI is InChI=1S/C26H55ClO3Si.H3N/c1-8-9-10-11-12-13-14-15-16-17-18-19-20-21-22-23-24-26(4,27)25(2,3)31(28-5,29-6)30-7;/h8-24H2,1-7H3;1H3. The normalized spacial score (nSPS) is 14.2. The molecule has 0 rings (SSSR count). The van der Waals surface area contributed by atoms with E-state index in [1.54, 1.807) is 21.3 Å². The second-order valence-electron chi connectivity index (χ2n) is 10.0. The first-order valence-electron chi connectivity index (χ1n) is 13.1. The number of hydrogen-bond acceptors (Lipinski definition) is 4. The summed E-state index contributed by atoms with van der Waals surface area (Å²) in [5.41, 5.74) is 0. The molecule has 0 aliphatic heterocycles. The van der Waals surface area contributed by atoms with Crippen LogP contribution in [-0.4, -0.2) is 35.0 Å². The highest BCUT2D eigenvalue weighted by atomic mass is 35.5. The molecule has 0 heterocycles. The molecule has 0 aromatic rings. The number of hydrogen-bond donors (Lipinski definition) is 1. The van der Waals surface area contributed by atoms with Crippen molar-refractivity contribution >= 4 is 20.4 Å². The van der Waals surface area contributed by atoms with E-state index in [-0.39, 0.29) is 11.2 Å². The lowest BCUT2D eigenvalue weighted by Crippen LogP contribution is -2.59. The molecule has 0 aromatic carbocycles. The molecule has 3 N–H and O–H groups in total. The van der Waals surface area contributed by atoms with Crippen molar-refractivity contribution in [2.45, 2.75) is 147 Å². The van der Waals surface area contributed by atoms with Crippen LogP contribution in [0.4, 0.5) is 0 Å². The summed E-state index contributed by atoms with van der Waals surface area (Å²) in [6, 6.07) is 0. The Bertz CT molecular complexity index is 410.